The minimum atomic E-state index is -0.107. The van der Waals surface area contributed by atoms with Crippen LogP contribution in [0.4, 0.5) is 0 Å². The Morgan fingerprint density at radius 2 is 2.08 bits per heavy atom. The maximum Gasteiger partial charge on any atom is 0.267 e. The van der Waals surface area contributed by atoms with E-state index in [1.165, 1.54) is 5.56 Å². The Kier molecular flexibility index (Phi) is 3.49. The molecule has 132 valence electrons. The summed E-state index contributed by atoms with van der Waals surface area (Å²) >= 11 is 0. The second-order valence-electron chi connectivity index (χ2n) is 7.05. The zero-order valence-corrected chi connectivity index (χ0v) is 14.5. The van der Waals surface area contributed by atoms with Crippen LogP contribution >= 0.6 is 0 Å². The quantitative estimate of drug-likeness (QED) is 0.737. The first-order valence-corrected chi connectivity index (χ1v) is 9.00. The van der Waals surface area contributed by atoms with Crippen LogP contribution in [0.25, 0.3) is 0 Å². The molecule has 2 N–H and O–H groups in total. The zero-order valence-electron chi connectivity index (χ0n) is 14.5. The second kappa shape index (κ2) is 5.88. The van der Waals surface area contributed by atoms with Crippen molar-refractivity contribution in [2.75, 3.05) is 0 Å². The van der Waals surface area contributed by atoms with Crippen LogP contribution in [0.2, 0.25) is 0 Å². The topological polar surface area (TPSA) is 88.5 Å². The number of nitrogens with zero attached hydrogens (tertiary/aromatic N) is 4. The predicted molar refractivity (Wildman–Crippen MR) is 95.7 cm³/mol. The number of nitrogens with one attached hydrogen (secondary N) is 2. The lowest BCUT2D eigenvalue weighted by molar-refractivity contribution is 0.326. The van der Waals surface area contributed by atoms with Gasteiger partial charge in [-0.2, -0.15) is 10.2 Å². The summed E-state index contributed by atoms with van der Waals surface area (Å²) in [5.41, 5.74) is 3.99. The van der Waals surface area contributed by atoms with Crippen molar-refractivity contribution >= 4 is 0 Å². The summed E-state index contributed by atoms with van der Waals surface area (Å²) in [5.74, 6) is 0.738. The van der Waals surface area contributed by atoms with Crippen molar-refractivity contribution in [2.45, 2.75) is 37.3 Å². The third-order valence-corrected chi connectivity index (χ3v) is 5.61. The number of H-pyrrole nitrogens is 1. The van der Waals surface area contributed by atoms with Gasteiger partial charge in [-0.1, -0.05) is 30.3 Å². The first-order chi connectivity index (χ1) is 12.7. The fourth-order valence-electron chi connectivity index (χ4n) is 4.46. The first kappa shape index (κ1) is 15.5. The van der Waals surface area contributed by atoms with E-state index in [1.807, 2.05) is 25.2 Å². The van der Waals surface area contributed by atoms with Gasteiger partial charge >= 0.3 is 0 Å². The number of rotatable bonds is 2. The number of hydrogen-bond donors (Lipinski definition) is 2. The normalized spacial score (nSPS) is 24.3. The molecule has 7 heteroatoms. The van der Waals surface area contributed by atoms with Crippen molar-refractivity contribution < 1.29 is 0 Å². The number of aromatic nitrogens is 5. The molecule has 1 aliphatic heterocycles. The van der Waals surface area contributed by atoms with Gasteiger partial charge in [0.15, 0.2) is 0 Å². The molecule has 3 atom stereocenters. The highest BCUT2D eigenvalue weighted by atomic mass is 16.1. The van der Waals surface area contributed by atoms with Crippen LogP contribution in [-0.4, -0.2) is 25.0 Å². The fourth-order valence-corrected chi connectivity index (χ4v) is 4.46. The lowest BCUT2D eigenvalue weighted by Crippen LogP contribution is -2.42. The van der Waals surface area contributed by atoms with Gasteiger partial charge in [0.1, 0.15) is 12.2 Å². The molecule has 0 spiro atoms. The van der Waals surface area contributed by atoms with Gasteiger partial charge in [0, 0.05) is 30.3 Å². The average Bonchev–Trinajstić information content (AvgIpc) is 3.10. The van der Waals surface area contributed by atoms with Crippen LogP contribution in [0.15, 0.2) is 41.5 Å². The maximum absolute atomic E-state index is 12.3. The van der Waals surface area contributed by atoms with E-state index in [0.29, 0.717) is 0 Å². The molecule has 26 heavy (non-hydrogen) atoms. The van der Waals surface area contributed by atoms with Gasteiger partial charge in [-0.15, -0.1) is 0 Å². The minimum absolute atomic E-state index is 0.0287. The Hall–Kier alpha value is -2.80. The molecule has 0 amide bonds. The fraction of sp³-hybridized carbons (Fsp3) is 0.368. The molecule has 2 aliphatic rings. The monoisotopic (exact) mass is 348 g/mol. The molecule has 1 aromatic carbocycles. The summed E-state index contributed by atoms with van der Waals surface area (Å²) in [5, 5.41) is 15.3. The summed E-state index contributed by atoms with van der Waals surface area (Å²) in [7, 11) is 1.90. The van der Waals surface area contributed by atoms with E-state index in [2.05, 4.69) is 37.7 Å². The molecule has 2 aromatic heterocycles. The third kappa shape index (κ3) is 2.24. The molecule has 1 unspecified atom stereocenters. The van der Waals surface area contributed by atoms with Crippen molar-refractivity contribution in [1.82, 2.24) is 30.3 Å². The molecular formula is C19H20N6O. The Bertz CT molecular complexity index is 1010. The highest BCUT2D eigenvalue weighted by molar-refractivity contribution is 5.43. The average molecular weight is 348 g/mol. The van der Waals surface area contributed by atoms with Gasteiger partial charge in [0.2, 0.25) is 0 Å². The summed E-state index contributed by atoms with van der Waals surface area (Å²) in [6.45, 7) is 0. The lowest BCUT2D eigenvalue weighted by atomic mass is 9.76. The van der Waals surface area contributed by atoms with Crippen molar-refractivity contribution in [3.8, 4) is 0 Å². The Morgan fingerprint density at radius 3 is 2.85 bits per heavy atom. The molecular weight excluding hydrogens is 328 g/mol. The number of aryl methyl sites for hydroxylation is 1. The van der Waals surface area contributed by atoms with Crippen LogP contribution in [0, 0.1) is 0 Å². The Balaban J connectivity index is 1.76. The van der Waals surface area contributed by atoms with Crippen molar-refractivity contribution in [3.05, 3.63) is 75.2 Å². The molecule has 3 heterocycles. The van der Waals surface area contributed by atoms with Gasteiger partial charge in [-0.25, -0.2) is 10.1 Å². The number of hydrogen-bond acceptors (Lipinski definition) is 5. The molecule has 3 aromatic rings. The van der Waals surface area contributed by atoms with E-state index in [-0.39, 0.29) is 23.6 Å². The van der Waals surface area contributed by atoms with Crippen LogP contribution in [-0.2, 0) is 13.5 Å². The molecule has 7 nitrogen and oxygen atoms in total. The second-order valence-corrected chi connectivity index (χ2v) is 7.05. The summed E-state index contributed by atoms with van der Waals surface area (Å²) in [4.78, 5) is 16.8. The van der Waals surface area contributed by atoms with Gasteiger partial charge in [-0.05, 0) is 24.8 Å². The SMILES string of the molecule is Cn1ncnc1[C@H]1c2n[nH]c(=O)c3c2C(CCC3)N[C@@H]1c1ccccc1. The standard InChI is InChI=1S/C19H20N6O/c1-25-18(20-10-21-25)15-16(11-6-3-2-4-7-11)22-13-9-5-8-12-14(13)17(15)23-24-19(12)26/h2-4,6-7,10,13,15-16,22H,5,8-9H2,1H3,(H,24,26)/t13?,15-,16-/m1/s1. The van der Waals surface area contributed by atoms with Gasteiger partial charge < -0.3 is 5.32 Å². The van der Waals surface area contributed by atoms with Gasteiger partial charge in [0.05, 0.1) is 11.6 Å². The molecule has 0 fully saturated rings. The van der Waals surface area contributed by atoms with Crippen LogP contribution < -0.4 is 10.9 Å². The van der Waals surface area contributed by atoms with E-state index in [0.717, 1.165) is 41.9 Å². The molecule has 0 radical (unpaired) electrons. The van der Waals surface area contributed by atoms with Gasteiger partial charge in [0.25, 0.3) is 5.56 Å². The van der Waals surface area contributed by atoms with E-state index < -0.39 is 0 Å². The third-order valence-electron chi connectivity index (χ3n) is 5.61. The Morgan fingerprint density at radius 1 is 1.23 bits per heavy atom. The highest BCUT2D eigenvalue weighted by Crippen LogP contribution is 2.46. The van der Waals surface area contributed by atoms with E-state index >= 15 is 0 Å². The predicted octanol–water partition coefficient (Wildman–Crippen LogP) is 1.75. The molecule has 0 saturated carbocycles. The number of aromatic amines is 1. The molecule has 1 aliphatic carbocycles. The highest BCUT2D eigenvalue weighted by Gasteiger charge is 2.42. The molecule has 5 rings (SSSR count). The molecule has 0 saturated heterocycles. The largest absolute Gasteiger partial charge is 0.302 e. The van der Waals surface area contributed by atoms with E-state index in [9.17, 15) is 4.79 Å². The van der Waals surface area contributed by atoms with Gasteiger partial charge in [-0.3, -0.25) is 9.48 Å². The van der Waals surface area contributed by atoms with E-state index in [1.54, 1.807) is 11.0 Å². The minimum Gasteiger partial charge on any atom is -0.302 e. The van der Waals surface area contributed by atoms with E-state index in [4.69, 9.17) is 0 Å². The first-order valence-electron chi connectivity index (χ1n) is 9.00. The Labute approximate surface area is 150 Å². The maximum atomic E-state index is 12.3. The van der Waals surface area contributed by atoms with Crippen molar-refractivity contribution in [1.29, 1.82) is 0 Å². The summed E-state index contributed by atoms with van der Waals surface area (Å²) in [6.07, 6.45) is 4.40. The van der Waals surface area contributed by atoms with Crippen molar-refractivity contribution in [2.24, 2.45) is 7.05 Å². The zero-order chi connectivity index (χ0) is 17.7. The lowest BCUT2D eigenvalue weighted by Gasteiger charge is -2.40. The smallest absolute Gasteiger partial charge is 0.267 e. The molecule has 0 bridgehead atoms. The van der Waals surface area contributed by atoms with Crippen molar-refractivity contribution in [3.63, 3.8) is 0 Å². The summed E-state index contributed by atoms with van der Waals surface area (Å²) < 4.78 is 1.80. The number of benzene rings is 1. The van der Waals surface area contributed by atoms with Crippen LogP contribution in [0.3, 0.4) is 0 Å². The van der Waals surface area contributed by atoms with Crippen LogP contribution in [0.5, 0.6) is 0 Å². The summed E-state index contributed by atoms with van der Waals surface area (Å²) in [6, 6.07) is 10.5. The van der Waals surface area contributed by atoms with Crippen LogP contribution in [0.1, 0.15) is 59.1 Å².